The summed E-state index contributed by atoms with van der Waals surface area (Å²) in [5.74, 6) is 0.612. The van der Waals surface area contributed by atoms with Crippen LogP contribution in [0.4, 0.5) is 0 Å². The van der Waals surface area contributed by atoms with E-state index >= 15 is 0 Å². The number of azide groups is 1. The molecule has 2 heterocycles. The molecule has 4 rings (SSSR count). The van der Waals surface area contributed by atoms with Gasteiger partial charge < -0.3 is 14.4 Å². The Morgan fingerprint density at radius 3 is 2.81 bits per heavy atom. The monoisotopic (exact) mass is 517 g/mol. The minimum absolute atomic E-state index is 0.000249. The molecule has 1 aliphatic heterocycles. The van der Waals surface area contributed by atoms with Gasteiger partial charge in [0.15, 0.2) is 0 Å². The molecule has 0 spiro atoms. The highest BCUT2D eigenvalue weighted by Gasteiger charge is 2.38. The molecule has 2 aromatic carbocycles. The molecule has 14 heteroatoms. The maximum Gasteiger partial charge on any atom is 0.472 e. The van der Waals surface area contributed by atoms with Crippen LogP contribution in [-0.4, -0.2) is 46.4 Å². The topological polar surface area (TPSA) is 178 Å². The molecular formula is C22H24N5O8P. The van der Waals surface area contributed by atoms with Crippen LogP contribution in [0.3, 0.4) is 0 Å². The largest absolute Gasteiger partial charge is 0.491 e. The molecule has 13 nitrogen and oxygen atoms in total. The number of benzene rings is 2. The average molecular weight is 517 g/mol. The molecule has 0 saturated carbocycles. The van der Waals surface area contributed by atoms with Crippen LogP contribution < -0.4 is 16.0 Å². The summed E-state index contributed by atoms with van der Waals surface area (Å²) in [6.07, 6.45) is -0.372. The van der Waals surface area contributed by atoms with Crippen molar-refractivity contribution < 1.29 is 28.0 Å². The number of phosphoric ester groups is 1. The van der Waals surface area contributed by atoms with Gasteiger partial charge in [-0.15, -0.1) is 0 Å². The van der Waals surface area contributed by atoms with Gasteiger partial charge in [0.25, 0.3) is 5.56 Å². The second-order valence-corrected chi connectivity index (χ2v) is 9.49. The van der Waals surface area contributed by atoms with Gasteiger partial charge in [0.05, 0.1) is 25.4 Å². The van der Waals surface area contributed by atoms with Gasteiger partial charge in [-0.25, -0.2) is 9.36 Å². The van der Waals surface area contributed by atoms with E-state index in [-0.39, 0.29) is 25.2 Å². The normalized spacial score (nSPS) is 21.1. The molecule has 1 aromatic heterocycles. The number of hydrogen-bond acceptors (Lipinski definition) is 8. The number of aromatic nitrogens is 2. The number of rotatable bonds is 10. The average Bonchev–Trinajstić information content (AvgIpc) is 3.25. The minimum atomic E-state index is -4.49. The predicted octanol–water partition coefficient (Wildman–Crippen LogP) is 3.18. The highest BCUT2D eigenvalue weighted by molar-refractivity contribution is 7.47. The summed E-state index contributed by atoms with van der Waals surface area (Å²) in [6, 6.07) is 12.4. The van der Waals surface area contributed by atoms with Crippen molar-refractivity contribution in [2.45, 2.75) is 31.7 Å². The molecule has 36 heavy (non-hydrogen) atoms. The van der Waals surface area contributed by atoms with Gasteiger partial charge in [-0.05, 0) is 23.9 Å². The smallest absolute Gasteiger partial charge is 0.472 e. The lowest BCUT2D eigenvalue weighted by Crippen LogP contribution is -2.33. The van der Waals surface area contributed by atoms with Crippen molar-refractivity contribution in [3.63, 3.8) is 0 Å². The zero-order chi connectivity index (χ0) is 25.7. The number of nitrogens with zero attached hydrogens (tertiary/aromatic N) is 4. The fourth-order valence-corrected chi connectivity index (χ4v) is 4.57. The lowest BCUT2D eigenvalue weighted by molar-refractivity contribution is -0.0287. The second kappa shape index (κ2) is 11.1. The van der Waals surface area contributed by atoms with Crippen LogP contribution in [-0.2, 0) is 18.3 Å². The van der Waals surface area contributed by atoms with E-state index in [1.807, 2.05) is 36.4 Å². The van der Waals surface area contributed by atoms with Crippen LogP contribution in [0.5, 0.6) is 5.75 Å². The summed E-state index contributed by atoms with van der Waals surface area (Å²) in [5.41, 5.74) is 7.94. The Morgan fingerprint density at radius 2 is 2.00 bits per heavy atom. The molecule has 0 bridgehead atoms. The fraction of sp³-hybridized carbons (Fsp3) is 0.364. The first kappa shape index (κ1) is 25.6. The Kier molecular flexibility index (Phi) is 7.90. The molecule has 1 saturated heterocycles. The highest BCUT2D eigenvalue weighted by Crippen LogP contribution is 2.44. The standard InChI is InChI=1S/C22H24N5O8P/c1-14-12-27(22(29)24-21(14)28)20-11-17(25-26-23)19(35-20)13-34-36(30,31)33-10-9-32-18-8-4-6-15-5-2-3-7-16(15)18/h2-8,12,17,19-20H,9-11,13H2,1H3,(H,30,31)(H,24,28,29)/t17-,19+,20+/m0/s1. The van der Waals surface area contributed by atoms with E-state index in [9.17, 15) is 19.0 Å². The van der Waals surface area contributed by atoms with E-state index in [0.29, 0.717) is 5.75 Å². The van der Waals surface area contributed by atoms with Crippen molar-refractivity contribution in [3.05, 3.63) is 85.5 Å². The number of hydrogen-bond donors (Lipinski definition) is 2. The summed E-state index contributed by atoms with van der Waals surface area (Å²) < 4.78 is 35.0. The number of aromatic amines is 1. The molecule has 3 aromatic rings. The van der Waals surface area contributed by atoms with Gasteiger partial charge in [-0.1, -0.05) is 41.5 Å². The molecule has 190 valence electrons. The van der Waals surface area contributed by atoms with Crippen molar-refractivity contribution in [2.24, 2.45) is 5.11 Å². The summed E-state index contributed by atoms with van der Waals surface area (Å²) in [4.78, 5) is 38.8. The fourth-order valence-electron chi connectivity index (χ4n) is 3.85. The maximum atomic E-state index is 12.3. The van der Waals surface area contributed by atoms with Gasteiger partial charge in [0.2, 0.25) is 0 Å². The van der Waals surface area contributed by atoms with Gasteiger partial charge >= 0.3 is 13.5 Å². The maximum absolute atomic E-state index is 12.3. The number of nitrogens with one attached hydrogen (secondary N) is 1. The van der Waals surface area contributed by atoms with Gasteiger partial charge in [0.1, 0.15) is 18.6 Å². The predicted molar refractivity (Wildman–Crippen MR) is 129 cm³/mol. The third-order valence-electron chi connectivity index (χ3n) is 5.61. The number of ether oxygens (including phenoxy) is 2. The van der Waals surface area contributed by atoms with E-state index < -0.39 is 44.1 Å². The van der Waals surface area contributed by atoms with E-state index in [1.165, 1.54) is 13.1 Å². The van der Waals surface area contributed by atoms with Crippen molar-refractivity contribution in [1.82, 2.24) is 9.55 Å². The van der Waals surface area contributed by atoms with Crippen molar-refractivity contribution in [1.29, 1.82) is 0 Å². The van der Waals surface area contributed by atoms with Gasteiger partial charge in [0, 0.05) is 28.5 Å². The quantitative estimate of drug-likeness (QED) is 0.135. The summed E-state index contributed by atoms with van der Waals surface area (Å²) in [7, 11) is -4.49. The van der Waals surface area contributed by atoms with Crippen LogP contribution in [0, 0.1) is 6.92 Å². The van der Waals surface area contributed by atoms with E-state index in [4.69, 9.17) is 24.1 Å². The lowest BCUT2D eigenvalue weighted by atomic mass is 10.1. The van der Waals surface area contributed by atoms with Gasteiger partial charge in [-0.3, -0.25) is 23.4 Å². The Balaban J connectivity index is 1.32. The Bertz CT molecular complexity index is 1440. The first-order valence-corrected chi connectivity index (χ1v) is 12.5. The number of H-pyrrole nitrogens is 1. The van der Waals surface area contributed by atoms with Crippen molar-refractivity contribution in [2.75, 3.05) is 19.8 Å². The number of phosphoric acid groups is 1. The summed E-state index contributed by atoms with van der Waals surface area (Å²) >= 11 is 0. The van der Waals surface area contributed by atoms with Crippen LogP contribution in [0.25, 0.3) is 21.2 Å². The van der Waals surface area contributed by atoms with Crippen molar-refractivity contribution >= 4 is 18.6 Å². The SMILES string of the molecule is Cc1cn([C@H]2C[C@H](N=[N+]=[N-])[C@@H](COP(=O)(O)OCCOc3cccc4ccccc34)O2)c(=O)[nH]c1=O. The number of aryl methyl sites for hydroxylation is 1. The van der Waals surface area contributed by atoms with Gasteiger partial charge in [-0.2, -0.15) is 0 Å². The molecule has 0 amide bonds. The minimum Gasteiger partial charge on any atom is -0.491 e. The zero-order valence-electron chi connectivity index (χ0n) is 19.2. The lowest BCUT2D eigenvalue weighted by Gasteiger charge is -2.19. The summed E-state index contributed by atoms with van der Waals surface area (Å²) in [6.45, 7) is 0.866. The van der Waals surface area contributed by atoms with Crippen LogP contribution in [0.2, 0.25) is 0 Å². The molecule has 1 aliphatic rings. The molecule has 2 N–H and O–H groups in total. The van der Waals surface area contributed by atoms with Crippen molar-refractivity contribution in [3.8, 4) is 5.75 Å². The molecule has 1 fully saturated rings. The molecular weight excluding hydrogens is 493 g/mol. The third kappa shape index (κ3) is 6.03. The van der Waals surface area contributed by atoms with Crippen LogP contribution in [0.1, 0.15) is 18.2 Å². The molecule has 0 aliphatic carbocycles. The zero-order valence-corrected chi connectivity index (χ0v) is 20.1. The Labute approximate surface area is 204 Å². The van der Waals surface area contributed by atoms with Crippen LogP contribution >= 0.6 is 7.82 Å². The first-order chi connectivity index (χ1) is 17.3. The third-order valence-corrected chi connectivity index (χ3v) is 6.59. The van der Waals surface area contributed by atoms with E-state index in [2.05, 4.69) is 15.0 Å². The summed E-state index contributed by atoms with van der Waals surface area (Å²) in [5, 5.41) is 5.54. The molecule has 4 atom stereocenters. The Morgan fingerprint density at radius 1 is 1.22 bits per heavy atom. The van der Waals surface area contributed by atoms with E-state index in [1.54, 1.807) is 6.07 Å². The highest BCUT2D eigenvalue weighted by atomic mass is 31.2. The number of fused-ring (bicyclic) bond motifs is 1. The first-order valence-electron chi connectivity index (χ1n) is 11.0. The van der Waals surface area contributed by atoms with Crippen LogP contribution in [0.15, 0.2) is 63.4 Å². The second-order valence-electron chi connectivity index (χ2n) is 8.04. The Hall–Kier alpha value is -3.44. The van der Waals surface area contributed by atoms with E-state index in [0.717, 1.165) is 15.3 Å². The molecule has 0 radical (unpaired) electrons. The molecule has 1 unspecified atom stereocenters.